The number of aliphatic hydroxyl groups excluding tert-OH is 2. The Labute approximate surface area is 135 Å². The van der Waals surface area contributed by atoms with Crippen molar-refractivity contribution in [2.75, 3.05) is 6.61 Å². The van der Waals surface area contributed by atoms with Gasteiger partial charge in [-0.25, -0.2) is 4.79 Å². The summed E-state index contributed by atoms with van der Waals surface area (Å²) in [6.45, 7) is -0.281. The molecule has 0 fully saturated rings. The molecule has 2 atom stereocenters. The predicted molar refractivity (Wildman–Crippen MR) is 86.8 cm³/mol. The molecule has 0 saturated heterocycles. The standard InChI is InChI=1S/C18H21NO4/c20-12-17(21)16(11-14-7-3-1-4-8-14)19-18(22)23-13-15-9-5-2-6-10-15/h1-10,16-17,20-21H,11-13H2,(H,19,22). The molecule has 2 aromatic rings. The fraction of sp³-hybridized carbons (Fsp3) is 0.278. The van der Waals surface area contributed by atoms with E-state index in [4.69, 9.17) is 9.84 Å². The minimum absolute atomic E-state index is 0.153. The maximum absolute atomic E-state index is 11.9. The van der Waals surface area contributed by atoms with Crippen LogP contribution in [-0.4, -0.2) is 35.1 Å². The summed E-state index contributed by atoms with van der Waals surface area (Å²) in [5.74, 6) is 0. The van der Waals surface area contributed by atoms with Crippen LogP contribution in [0, 0.1) is 0 Å². The molecule has 23 heavy (non-hydrogen) atoms. The third-order valence-electron chi connectivity index (χ3n) is 3.47. The molecule has 3 N–H and O–H groups in total. The highest BCUT2D eigenvalue weighted by atomic mass is 16.5. The van der Waals surface area contributed by atoms with Crippen molar-refractivity contribution in [1.29, 1.82) is 0 Å². The quantitative estimate of drug-likeness (QED) is 0.729. The molecule has 0 bridgehead atoms. The highest BCUT2D eigenvalue weighted by Crippen LogP contribution is 2.07. The van der Waals surface area contributed by atoms with Crippen molar-refractivity contribution in [3.8, 4) is 0 Å². The van der Waals surface area contributed by atoms with Gasteiger partial charge >= 0.3 is 6.09 Å². The van der Waals surface area contributed by atoms with Crippen LogP contribution in [-0.2, 0) is 17.8 Å². The highest BCUT2D eigenvalue weighted by molar-refractivity contribution is 5.67. The fourth-order valence-corrected chi connectivity index (χ4v) is 2.19. The van der Waals surface area contributed by atoms with E-state index < -0.39 is 24.8 Å². The molecule has 122 valence electrons. The van der Waals surface area contributed by atoms with Gasteiger partial charge in [-0.1, -0.05) is 60.7 Å². The Morgan fingerprint density at radius 1 is 1.00 bits per heavy atom. The first-order chi connectivity index (χ1) is 11.2. The van der Waals surface area contributed by atoms with Gasteiger partial charge in [0.25, 0.3) is 0 Å². The van der Waals surface area contributed by atoms with Crippen LogP contribution < -0.4 is 5.32 Å². The van der Waals surface area contributed by atoms with Crippen molar-refractivity contribution in [1.82, 2.24) is 5.32 Å². The second-order valence-electron chi connectivity index (χ2n) is 5.25. The molecule has 2 rings (SSSR count). The SMILES string of the molecule is O=C(NC(Cc1ccccc1)C(O)CO)OCc1ccccc1. The van der Waals surface area contributed by atoms with Gasteiger partial charge in [0, 0.05) is 0 Å². The van der Waals surface area contributed by atoms with Crippen LogP contribution in [0.1, 0.15) is 11.1 Å². The van der Waals surface area contributed by atoms with E-state index in [0.717, 1.165) is 11.1 Å². The van der Waals surface area contributed by atoms with Crippen LogP contribution in [0.15, 0.2) is 60.7 Å². The molecule has 0 radical (unpaired) electrons. The molecule has 2 unspecified atom stereocenters. The number of alkyl carbamates (subject to hydrolysis) is 1. The number of carbonyl (C=O) groups excluding carboxylic acids is 1. The van der Waals surface area contributed by atoms with Crippen molar-refractivity contribution in [3.63, 3.8) is 0 Å². The monoisotopic (exact) mass is 315 g/mol. The molecule has 0 aliphatic heterocycles. The van der Waals surface area contributed by atoms with Gasteiger partial charge in [-0.3, -0.25) is 0 Å². The van der Waals surface area contributed by atoms with Crippen molar-refractivity contribution in [3.05, 3.63) is 71.8 Å². The summed E-state index contributed by atoms with van der Waals surface area (Å²) >= 11 is 0. The minimum Gasteiger partial charge on any atom is -0.445 e. The average molecular weight is 315 g/mol. The van der Waals surface area contributed by atoms with Gasteiger partial charge in [0.1, 0.15) is 6.61 Å². The lowest BCUT2D eigenvalue weighted by molar-refractivity contribution is 0.0574. The van der Waals surface area contributed by atoms with E-state index in [9.17, 15) is 9.90 Å². The zero-order valence-electron chi connectivity index (χ0n) is 12.8. The predicted octanol–water partition coefficient (Wildman–Crippen LogP) is 1.88. The van der Waals surface area contributed by atoms with Crippen molar-refractivity contribution in [2.24, 2.45) is 0 Å². The van der Waals surface area contributed by atoms with Crippen LogP contribution in [0.25, 0.3) is 0 Å². The van der Waals surface area contributed by atoms with Gasteiger partial charge in [-0.15, -0.1) is 0 Å². The Balaban J connectivity index is 1.90. The molecule has 5 heteroatoms. The summed E-state index contributed by atoms with van der Waals surface area (Å²) in [5.41, 5.74) is 1.83. The number of aliphatic hydroxyl groups is 2. The molecule has 0 heterocycles. The Kier molecular flexibility index (Phi) is 6.59. The molecule has 5 nitrogen and oxygen atoms in total. The number of ether oxygens (including phenoxy) is 1. The van der Waals surface area contributed by atoms with E-state index in [1.165, 1.54) is 0 Å². The average Bonchev–Trinajstić information content (AvgIpc) is 2.60. The molecule has 0 aliphatic rings. The third-order valence-corrected chi connectivity index (χ3v) is 3.47. The lowest BCUT2D eigenvalue weighted by Gasteiger charge is -2.22. The number of benzene rings is 2. The van der Waals surface area contributed by atoms with Gasteiger partial charge in [0.15, 0.2) is 0 Å². The van der Waals surface area contributed by atoms with E-state index in [2.05, 4.69) is 5.32 Å². The largest absolute Gasteiger partial charge is 0.445 e. The van der Waals surface area contributed by atoms with Gasteiger partial charge in [0.2, 0.25) is 0 Å². The second-order valence-corrected chi connectivity index (χ2v) is 5.25. The smallest absolute Gasteiger partial charge is 0.407 e. The first kappa shape index (κ1) is 17.0. The maximum atomic E-state index is 11.9. The highest BCUT2D eigenvalue weighted by Gasteiger charge is 2.21. The normalized spacial score (nSPS) is 13.1. The Morgan fingerprint density at radius 3 is 2.13 bits per heavy atom. The number of hydrogen-bond acceptors (Lipinski definition) is 4. The van der Waals surface area contributed by atoms with Gasteiger partial charge in [0.05, 0.1) is 18.8 Å². The van der Waals surface area contributed by atoms with E-state index >= 15 is 0 Å². The number of carbonyl (C=O) groups is 1. The summed E-state index contributed by atoms with van der Waals surface area (Å²) in [4.78, 5) is 11.9. The second kappa shape index (κ2) is 8.92. The summed E-state index contributed by atoms with van der Waals surface area (Å²) < 4.78 is 5.15. The third kappa shape index (κ3) is 5.73. The topological polar surface area (TPSA) is 78.8 Å². The summed E-state index contributed by atoms with van der Waals surface area (Å²) in [7, 11) is 0. The van der Waals surface area contributed by atoms with Crippen molar-refractivity contribution in [2.45, 2.75) is 25.2 Å². The van der Waals surface area contributed by atoms with Crippen LogP contribution in [0.4, 0.5) is 4.79 Å². The molecule has 2 aromatic carbocycles. The van der Waals surface area contributed by atoms with Crippen LogP contribution in [0.3, 0.4) is 0 Å². The van der Waals surface area contributed by atoms with E-state index in [-0.39, 0.29) is 6.61 Å². The fourth-order valence-electron chi connectivity index (χ4n) is 2.19. The number of amides is 1. The van der Waals surface area contributed by atoms with Gasteiger partial charge < -0.3 is 20.3 Å². The summed E-state index contributed by atoms with van der Waals surface area (Å²) in [6, 6.07) is 18.2. The molecule has 0 spiro atoms. The first-order valence-electron chi connectivity index (χ1n) is 7.49. The van der Waals surface area contributed by atoms with Crippen molar-refractivity contribution < 1.29 is 19.7 Å². The van der Waals surface area contributed by atoms with E-state index in [1.54, 1.807) is 0 Å². The van der Waals surface area contributed by atoms with Crippen molar-refractivity contribution >= 4 is 6.09 Å². The number of nitrogens with one attached hydrogen (secondary N) is 1. The lowest BCUT2D eigenvalue weighted by atomic mass is 10.0. The van der Waals surface area contributed by atoms with Gasteiger partial charge in [-0.05, 0) is 17.5 Å². The molecular formula is C18H21NO4. The Morgan fingerprint density at radius 2 is 1.57 bits per heavy atom. The molecule has 0 aliphatic carbocycles. The Hall–Kier alpha value is -2.37. The molecule has 0 saturated carbocycles. The van der Waals surface area contributed by atoms with E-state index in [1.807, 2.05) is 60.7 Å². The molecular weight excluding hydrogens is 294 g/mol. The zero-order valence-corrected chi connectivity index (χ0v) is 12.8. The van der Waals surface area contributed by atoms with Crippen LogP contribution in [0.2, 0.25) is 0 Å². The molecule has 1 amide bonds. The minimum atomic E-state index is -1.06. The first-order valence-corrected chi connectivity index (χ1v) is 7.49. The van der Waals surface area contributed by atoms with Gasteiger partial charge in [-0.2, -0.15) is 0 Å². The van der Waals surface area contributed by atoms with E-state index in [0.29, 0.717) is 6.42 Å². The van der Waals surface area contributed by atoms with Crippen LogP contribution >= 0.6 is 0 Å². The number of rotatable bonds is 7. The summed E-state index contributed by atoms with van der Waals surface area (Å²) in [5, 5.41) is 21.7. The summed E-state index contributed by atoms with van der Waals surface area (Å²) in [6.07, 6.45) is -1.27. The molecule has 0 aromatic heterocycles. The zero-order chi connectivity index (χ0) is 16.5. The Bertz CT molecular complexity index is 588. The van der Waals surface area contributed by atoms with Crippen LogP contribution in [0.5, 0.6) is 0 Å². The maximum Gasteiger partial charge on any atom is 0.407 e. The number of hydrogen-bond donors (Lipinski definition) is 3. The lowest BCUT2D eigenvalue weighted by Crippen LogP contribution is -2.46.